The predicted molar refractivity (Wildman–Crippen MR) is 70.3 cm³/mol. The van der Waals surface area contributed by atoms with Gasteiger partial charge in [0.25, 0.3) is 0 Å². The molecule has 2 heterocycles. The molecule has 3 unspecified atom stereocenters. The van der Waals surface area contributed by atoms with Gasteiger partial charge in [0.05, 0.1) is 0 Å². The maximum absolute atomic E-state index is 12.1. The van der Waals surface area contributed by atoms with E-state index in [4.69, 9.17) is 0 Å². The molecular formula is C13H23ClN2O. The second-order valence-corrected chi connectivity index (χ2v) is 5.75. The van der Waals surface area contributed by atoms with Gasteiger partial charge >= 0.3 is 0 Å². The lowest BCUT2D eigenvalue weighted by Gasteiger charge is -2.19. The van der Waals surface area contributed by atoms with Gasteiger partial charge in [0.2, 0.25) is 5.91 Å². The topological polar surface area (TPSA) is 32.3 Å². The highest BCUT2D eigenvalue weighted by molar-refractivity contribution is 5.85. The fourth-order valence-electron chi connectivity index (χ4n) is 3.71. The number of fused-ring (bicyclic) bond motifs is 1. The van der Waals surface area contributed by atoms with E-state index < -0.39 is 0 Å². The van der Waals surface area contributed by atoms with E-state index in [9.17, 15) is 4.79 Å². The van der Waals surface area contributed by atoms with Crippen LogP contribution in [0.5, 0.6) is 0 Å². The number of carbonyl (C=O) groups is 1. The molecule has 0 radical (unpaired) electrons. The average Bonchev–Trinajstić information content (AvgIpc) is 2.91. The first-order valence-electron chi connectivity index (χ1n) is 6.84. The summed E-state index contributed by atoms with van der Waals surface area (Å²) in [4.78, 5) is 14.3. The zero-order chi connectivity index (χ0) is 11.0. The number of halogens is 1. The Hall–Kier alpha value is -0.280. The third-order valence-electron chi connectivity index (χ3n) is 4.66. The zero-order valence-electron chi connectivity index (χ0n) is 10.4. The number of hydrogen-bond donors (Lipinski definition) is 1. The number of likely N-dealkylation sites (tertiary alicyclic amines) is 1. The minimum absolute atomic E-state index is 0. The summed E-state index contributed by atoms with van der Waals surface area (Å²) in [6.07, 6.45) is 7.27. The van der Waals surface area contributed by atoms with Crippen LogP contribution in [0.3, 0.4) is 0 Å². The van der Waals surface area contributed by atoms with Crippen LogP contribution >= 0.6 is 12.4 Å². The maximum Gasteiger partial charge on any atom is 0.224 e. The molecule has 98 valence electrons. The summed E-state index contributed by atoms with van der Waals surface area (Å²) in [6.45, 7) is 3.20. The number of nitrogens with one attached hydrogen (secondary N) is 1. The molecule has 1 saturated carbocycles. The Labute approximate surface area is 110 Å². The summed E-state index contributed by atoms with van der Waals surface area (Å²) in [7, 11) is 0. The van der Waals surface area contributed by atoms with Gasteiger partial charge in [-0.05, 0) is 44.1 Å². The monoisotopic (exact) mass is 258 g/mol. The number of amides is 1. The van der Waals surface area contributed by atoms with Crippen molar-refractivity contribution in [1.82, 2.24) is 10.2 Å². The first kappa shape index (κ1) is 13.2. The summed E-state index contributed by atoms with van der Waals surface area (Å²) in [5.41, 5.74) is 0. The Balaban J connectivity index is 0.00000108. The highest BCUT2D eigenvalue weighted by atomic mass is 35.5. The number of hydrogen-bond acceptors (Lipinski definition) is 2. The molecule has 1 aliphatic carbocycles. The average molecular weight is 259 g/mol. The van der Waals surface area contributed by atoms with Crippen LogP contribution in [0, 0.1) is 11.8 Å². The van der Waals surface area contributed by atoms with Crippen LogP contribution in [0.4, 0.5) is 0 Å². The van der Waals surface area contributed by atoms with Crippen molar-refractivity contribution in [3.05, 3.63) is 0 Å². The normalized spacial score (nSPS) is 35.8. The molecule has 3 rings (SSSR count). The zero-order valence-corrected chi connectivity index (χ0v) is 11.2. The highest BCUT2D eigenvalue weighted by Gasteiger charge is 2.38. The van der Waals surface area contributed by atoms with Crippen molar-refractivity contribution in [3.63, 3.8) is 0 Å². The van der Waals surface area contributed by atoms with E-state index >= 15 is 0 Å². The summed E-state index contributed by atoms with van der Waals surface area (Å²) >= 11 is 0. The van der Waals surface area contributed by atoms with Crippen molar-refractivity contribution in [2.45, 2.75) is 44.6 Å². The summed E-state index contributed by atoms with van der Waals surface area (Å²) < 4.78 is 0. The van der Waals surface area contributed by atoms with Gasteiger partial charge < -0.3 is 10.2 Å². The first-order valence-corrected chi connectivity index (χ1v) is 6.84. The van der Waals surface area contributed by atoms with Crippen molar-refractivity contribution in [2.24, 2.45) is 11.8 Å². The van der Waals surface area contributed by atoms with Gasteiger partial charge in [-0.25, -0.2) is 0 Å². The molecule has 2 saturated heterocycles. The molecule has 3 fully saturated rings. The third-order valence-corrected chi connectivity index (χ3v) is 4.66. The fraction of sp³-hybridized carbons (Fsp3) is 0.923. The van der Waals surface area contributed by atoms with Crippen LogP contribution in [-0.4, -0.2) is 36.5 Å². The second kappa shape index (κ2) is 5.57. The minimum atomic E-state index is 0. The molecule has 1 amide bonds. The van der Waals surface area contributed by atoms with E-state index in [1.807, 2.05) is 0 Å². The molecule has 0 aromatic heterocycles. The lowest BCUT2D eigenvalue weighted by molar-refractivity contribution is -0.130. The molecule has 1 N–H and O–H groups in total. The van der Waals surface area contributed by atoms with E-state index in [0.717, 1.165) is 37.9 Å². The molecule has 0 bridgehead atoms. The van der Waals surface area contributed by atoms with Crippen LogP contribution < -0.4 is 5.32 Å². The summed E-state index contributed by atoms with van der Waals surface area (Å²) in [5, 5.41) is 3.41. The lowest BCUT2D eigenvalue weighted by Crippen LogP contribution is -2.35. The molecular weight excluding hydrogens is 236 g/mol. The van der Waals surface area contributed by atoms with Gasteiger partial charge in [-0.2, -0.15) is 0 Å². The molecule has 0 aromatic rings. The Morgan fingerprint density at radius 2 is 1.82 bits per heavy atom. The van der Waals surface area contributed by atoms with Crippen molar-refractivity contribution >= 4 is 18.3 Å². The second-order valence-electron chi connectivity index (χ2n) is 5.75. The van der Waals surface area contributed by atoms with Gasteiger partial charge in [-0.1, -0.05) is 6.42 Å². The molecule has 0 spiro atoms. The van der Waals surface area contributed by atoms with E-state index in [0.29, 0.717) is 11.9 Å². The lowest BCUT2D eigenvalue weighted by atomic mass is 10.0. The van der Waals surface area contributed by atoms with Crippen LogP contribution in [-0.2, 0) is 4.79 Å². The van der Waals surface area contributed by atoms with Gasteiger partial charge in [0, 0.05) is 25.6 Å². The smallest absolute Gasteiger partial charge is 0.224 e. The van der Waals surface area contributed by atoms with Crippen molar-refractivity contribution in [1.29, 1.82) is 0 Å². The van der Waals surface area contributed by atoms with Gasteiger partial charge in [0.15, 0.2) is 0 Å². The maximum atomic E-state index is 12.1. The van der Waals surface area contributed by atoms with Gasteiger partial charge in [-0.3, -0.25) is 4.79 Å². The van der Waals surface area contributed by atoms with E-state index in [2.05, 4.69) is 10.2 Å². The van der Waals surface area contributed by atoms with E-state index in [-0.39, 0.29) is 12.4 Å². The molecule has 3 atom stereocenters. The summed E-state index contributed by atoms with van der Waals surface area (Å²) in [6, 6.07) is 0.466. The Morgan fingerprint density at radius 1 is 1.12 bits per heavy atom. The Morgan fingerprint density at radius 3 is 2.41 bits per heavy atom. The van der Waals surface area contributed by atoms with E-state index in [1.165, 1.54) is 32.1 Å². The SMILES string of the molecule is Cl.O=C(CC1CCCN1)N1CC2CCCC2C1. The van der Waals surface area contributed by atoms with Crippen molar-refractivity contribution < 1.29 is 4.79 Å². The van der Waals surface area contributed by atoms with Crippen LogP contribution in [0.15, 0.2) is 0 Å². The third kappa shape index (κ3) is 2.76. The minimum Gasteiger partial charge on any atom is -0.342 e. The standard InChI is InChI=1S/C13H22N2O.ClH/c16-13(7-12-5-2-6-14-12)15-8-10-3-1-4-11(10)9-15;/h10-12,14H,1-9H2;1H. The van der Waals surface area contributed by atoms with Crippen LogP contribution in [0.2, 0.25) is 0 Å². The van der Waals surface area contributed by atoms with Gasteiger partial charge in [0.1, 0.15) is 0 Å². The predicted octanol–water partition coefficient (Wildman–Crippen LogP) is 1.81. The largest absolute Gasteiger partial charge is 0.342 e. The van der Waals surface area contributed by atoms with Crippen LogP contribution in [0.1, 0.15) is 38.5 Å². The molecule has 0 aromatic carbocycles. The summed E-state index contributed by atoms with van der Waals surface area (Å²) in [5.74, 6) is 2.06. The quantitative estimate of drug-likeness (QED) is 0.819. The number of carbonyl (C=O) groups excluding carboxylic acids is 1. The van der Waals surface area contributed by atoms with Crippen molar-refractivity contribution in [2.75, 3.05) is 19.6 Å². The highest BCUT2D eigenvalue weighted by Crippen LogP contribution is 2.37. The number of nitrogens with zero attached hydrogens (tertiary/aromatic N) is 1. The molecule has 3 nitrogen and oxygen atoms in total. The fourth-order valence-corrected chi connectivity index (χ4v) is 3.71. The number of rotatable bonds is 2. The van der Waals surface area contributed by atoms with E-state index in [1.54, 1.807) is 0 Å². The molecule has 2 aliphatic heterocycles. The van der Waals surface area contributed by atoms with Crippen LogP contribution in [0.25, 0.3) is 0 Å². The van der Waals surface area contributed by atoms with Gasteiger partial charge in [-0.15, -0.1) is 12.4 Å². The Kier molecular flexibility index (Phi) is 4.31. The van der Waals surface area contributed by atoms with Crippen molar-refractivity contribution in [3.8, 4) is 0 Å². The first-order chi connectivity index (χ1) is 7.83. The molecule has 4 heteroatoms. The molecule has 3 aliphatic rings. The molecule has 17 heavy (non-hydrogen) atoms. The Bertz CT molecular complexity index is 267.